The van der Waals surface area contributed by atoms with Crippen molar-refractivity contribution in [2.24, 2.45) is 0 Å². The van der Waals surface area contributed by atoms with Crippen LogP contribution in [0.3, 0.4) is 0 Å². The highest BCUT2D eigenvalue weighted by Gasteiger charge is 2.45. The van der Waals surface area contributed by atoms with Crippen LogP contribution in [0.5, 0.6) is 0 Å². The monoisotopic (exact) mass is 251 g/mol. The summed E-state index contributed by atoms with van der Waals surface area (Å²) in [5, 5.41) is 2.87. The normalized spacial score (nSPS) is 22.1. The minimum Gasteiger partial charge on any atom is -0.380 e. The van der Waals surface area contributed by atoms with Gasteiger partial charge in [0.1, 0.15) is 0 Å². The van der Waals surface area contributed by atoms with Crippen molar-refractivity contribution in [3.63, 3.8) is 0 Å². The molecule has 0 spiro atoms. The molecule has 1 aliphatic rings. The van der Waals surface area contributed by atoms with Crippen molar-refractivity contribution in [1.29, 1.82) is 0 Å². The second-order valence-corrected chi connectivity index (χ2v) is 7.07. The van der Waals surface area contributed by atoms with Gasteiger partial charge in [0.25, 0.3) is 0 Å². The number of anilines is 1. The fourth-order valence-corrected chi connectivity index (χ4v) is 3.20. The molecule has 0 atom stereocenters. The Bertz CT molecular complexity index is 470. The molecular formula is C8H7Cl2NO2S. The van der Waals surface area contributed by atoms with Crippen molar-refractivity contribution < 1.29 is 8.42 Å². The maximum absolute atomic E-state index is 11.8. The number of hydrogen-bond donors (Lipinski definition) is 1. The third kappa shape index (κ3) is 1.29. The van der Waals surface area contributed by atoms with Crippen molar-refractivity contribution in [2.75, 3.05) is 11.9 Å². The highest BCUT2D eigenvalue weighted by molar-refractivity contribution is 7.95. The second-order valence-electron chi connectivity index (χ2n) is 2.99. The summed E-state index contributed by atoms with van der Waals surface area (Å²) in [6.45, 7) is -0.00451. The molecule has 0 radical (unpaired) electrons. The zero-order valence-electron chi connectivity index (χ0n) is 7.00. The maximum Gasteiger partial charge on any atom is 0.239 e. The topological polar surface area (TPSA) is 46.2 Å². The van der Waals surface area contributed by atoms with Crippen LogP contribution >= 0.6 is 23.2 Å². The number of hydrogen-bond acceptors (Lipinski definition) is 3. The number of halogens is 2. The third-order valence-corrected chi connectivity index (χ3v) is 5.41. The molecule has 0 fully saturated rings. The van der Waals surface area contributed by atoms with Gasteiger partial charge in [-0.15, -0.1) is 0 Å². The van der Waals surface area contributed by atoms with Crippen LogP contribution in [0, 0.1) is 0 Å². The molecule has 14 heavy (non-hydrogen) atoms. The first-order valence-electron chi connectivity index (χ1n) is 3.90. The van der Waals surface area contributed by atoms with E-state index in [9.17, 15) is 8.42 Å². The lowest BCUT2D eigenvalue weighted by Gasteiger charge is -2.27. The highest BCUT2D eigenvalue weighted by atomic mass is 35.5. The van der Waals surface area contributed by atoms with Gasteiger partial charge in [0, 0.05) is 0 Å². The smallest absolute Gasteiger partial charge is 0.239 e. The Labute approximate surface area is 91.9 Å². The molecule has 0 aliphatic carbocycles. The van der Waals surface area contributed by atoms with E-state index in [-0.39, 0.29) is 11.4 Å². The third-order valence-electron chi connectivity index (χ3n) is 2.05. The van der Waals surface area contributed by atoms with Crippen LogP contribution in [0.4, 0.5) is 5.69 Å². The molecule has 0 saturated carbocycles. The van der Waals surface area contributed by atoms with Crippen LogP contribution in [0.15, 0.2) is 29.2 Å². The molecule has 1 aromatic carbocycles. The second kappa shape index (κ2) is 3.02. The SMILES string of the molecule is O=S1(=O)c2ccccc2NCC1(Cl)Cl. The Balaban J connectivity index is 2.70. The van der Waals surface area contributed by atoms with Crippen molar-refractivity contribution in [1.82, 2.24) is 0 Å². The summed E-state index contributed by atoms with van der Waals surface area (Å²) in [6.07, 6.45) is 0. The first-order valence-corrected chi connectivity index (χ1v) is 6.14. The van der Waals surface area contributed by atoms with Crippen LogP contribution in [-0.4, -0.2) is 18.6 Å². The number of benzene rings is 1. The van der Waals surface area contributed by atoms with Gasteiger partial charge in [-0.3, -0.25) is 0 Å². The number of nitrogens with one attached hydrogen (secondary N) is 1. The number of para-hydroxylation sites is 1. The molecule has 1 aliphatic heterocycles. The Kier molecular flexibility index (Phi) is 2.17. The molecule has 2 rings (SSSR count). The quantitative estimate of drug-likeness (QED) is 0.718. The van der Waals surface area contributed by atoms with E-state index in [1.54, 1.807) is 18.2 Å². The van der Waals surface area contributed by atoms with Gasteiger partial charge in [0.15, 0.2) is 0 Å². The molecule has 0 bridgehead atoms. The lowest BCUT2D eigenvalue weighted by molar-refractivity contribution is 0.587. The summed E-state index contributed by atoms with van der Waals surface area (Å²) in [5.41, 5.74) is 0.546. The first-order chi connectivity index (χ1) is 6.45. The average Bonchev–Trinajstić information content (AvgIpc) is 2.13. The predicted octanol–water partition coefficient (Wildman–Crippen LogP) is 2.02. The van der Waals surface area contributed by atoms with E-state index >= 15 is 0 Å². The minimum absolute atomic E-state index is 0.00451. The average molecular weight is 252 g/mol. The number of sulfone groups is 1. The van der Waals surface area contributed by atoms with Gasteiger partial charge in [-0.1, -0.05) is 35.3 Å². The number of fused-ring (bicyclic) bond motifs is 1. The zero-order valence-corrected chi connectivity index (χ0v) is 9.33. The van der Waals surface area contributed by atoms with Gasteiger partial charge in [-0.2, -0.15) is 0 Å². The van der Waals surface area contributed by atoms with E-state index in [0.717, 1.165) is 0 Å². The minimum atomic E-state index is -3.65. The molecule has 6 heteroatoms. The maximum atomic E-state index is 11.8. The van der Waals surface area contributed by atoms with Crippen LogP contribution in [0.25, 0.3) is 0 Å². The Hall–Kier alpha value is -0.450. The van der Waals surface area contributed by atoms with Crippen LogP contribution < -0.4 is 5.32 Å². The van der Waals surface area contributed by atoms with Crippen molar-refractivity contribution >= 4 is 38.7 Å². The first kappa shape index (κ1) is 10.1. The van der Waals surface area contributed by atoms with Gasteiger partial charge < -0.3 is 5.32 Å². The largest absolute Gasteiger partial charge is 0.380 e. The van der Waals surface area contributed by atoms with Gasteiger partial charge in [-0.05, 0) is 12.1 Å². The summed E-state index contributed by atoms with van der Waals surface area (Å²) >= 11 is 11.4. The van der Waals surface area contributed by atoms with E-state index in [2.05, 4.69) is 5.32 Å². The van der Waals surface area contributed by atoms with Crippen LogP contribution in [0.2, 0.25) is 0 Å². The van der Waals surface area contributed by atoms with E-state index in [0.29, 0.717) is 5.69 Å². The standard InChI is InChI=1S/C8H7Cl2NO2S/c9-8(10)5-11-6-3-1-2-4-7(6)14(8,12)13/h1-4,11H,5H2. The summed E-state index contributed by atoms with van der Waals surface area (Å²) in [5.74, 6) is 0. The van der Waals surface area contributed by atoms with Crippen molar-refractivity contribution in [3.05, 3.63) is 24.3 Å². The summed E-state index contributed by atoms with van der Waals surface area (Å²) in [4.78, 5) is 0.149. The zero-order chi connectivity index (χ0) is 10.4. The van der Waals surface area contributed by atoms with E-state index < -0.39 is 13.5 Å². The molecule has 0 unspecified atom stereocenters. The molecule has 0 amide bonds. The Morgan fingerprint density at radius 2 is 1.93 bits per heavy atom. The molecule has 0 aromatic heterocycles. The highest BCUT2D eigenvalue weighted by Crippen LogP contribution is 2.40. The predicted molar refractivity (Wildman–Crippen MR) is 56.6 cm³/mol. The van der Waals surface area contributed by atoms with Crippen molar-refractivity contribution in [3.8, 4) is 0 Å². The van der Waals surface area contributed by atoms with Crippen molar-refractivity contribution in [2.45, 2.75) is 8.56 Å². The summed E-state index contributed by atoms with van der Waals surface area (Å²) < 4.78 is 21.9. The van der Waals surface area contributed by atoms with Crippen LogP contribution in [0.1, 0.15) is 0 Å². The van der Waals surface area contributed by atoms with Gasteiger partial charge in [0.2, 0.25) is 13.5 Å². The number of alkyl halides is 2. The lowest BCUT2D eigenvalue weighted by atomic mass is 10.3. The van der Waals surface area contributed by atoms with E-state index in [4.69, 9.17) is 23.2 Å². The van der Waals surface area contributed by atoms with E-state index in [1.807, 2.05) is 0 Å². The number of rotatable bonds is 0. The Morgan fingerprint density at radius 1 is 1.29 bits per heavy atom. The molecule has 1 aromatic rings. The summed E-state index contributed by atoms with van der Waals surface area (Å²) in [6, 6.07) is 6.54. The molecule has 1 heterocycles. The van der Waals surface area contributed by atoms with Gasteiger partial charge >= 0.3 is 0 Å². The molecule has 76 valence electrons. The van der Waals surface area contributed by atoms with E-state index in [1.165, 1.54) is 6.07 Å². The molecule has 1 N–H and O–H groups in total. The fourth-order valence-electron chi connectivity index (χ4n) is 1.30. The Morgan fingerprint density at radius 3 is 2.64 bits per heavy atom. The lowest BCUT2D eigenvalue weighted by Crippen LogP contribution is -2.38. The van der Waals surface area contributed by atoms with Gasteiger partial charge in [0.05, 0.1) is 17.1 Å². The van der Waals surface area contributed by atoms with Crippen LogP contribution in [-0.2, 0) is 9.84 Å². The molecule has 3 nitrogen and oxygen atoms in total. The molecule has 0 saturated heterocycles. The summed E-state index contributed by atoms with van der Waals surface area (Å²) in [7, 11) is -3.65. The molecular weight excluding hydrogens is 245 g/mol. The van der Waals surface area contributed by atoms with Gasteiger partial charge in [-0.25, -0.2) is 8.42 Å². The fraction of sp³-hybridized carbons (Fsp3) is 0.250.